The highest BCUT2D eigenvalue weighted by molar-refractivity contribution is 6.05. The van der Waals surface area contributed by atoms with Crippen LogP contribution in [0, 0.1) is 0 Å². The van der Waals surface area contributed by atoms with Gasteiger partial charge in [-0.1, -0.05) is 12.1 Å². The molecule has 3 heteroatoms. The SMILES string of the molecule is CC(C)(O)C1Oc2ccccc2C1=O. The van der Waals surface area contributed by atoms with E-state index in [-0.39, 0.29) is 5.78 Å². The van der Waals surface area contributed by atoms with Gasteiger partial charge >= 0.3 is 0 Å². The number of carbonyl (C=O) groups is 1. The fraction of sp³-hybridized carbons (Fsp3) is 0.364. The number of para-hydroxylation sites is 1. The average molecular weight is 192 g/mol. The summed E-state index contributed by atoms with van der Waals surface area (Å²) in [6.07, 6.45) is -0.778. The number of ketones is 1. The van der Waals surface area contributed by atoms with Crippen LogP contribution in [-0.2, 0) is 0 Å². The van der Waals surface area contributed by atoms with Gasteiger partial charge in [0.15, 0.2) is 6.10 Å². The quantitative estimate of drug-likeness (QED) is 0.731. The Morgan fingerprint density at radius 1 is 1.36 bits per heavy atom. The van der Waals surface area contributed by atoms with Gasteiger partial charge in [-0.05, 0) is 26.0 Å². The van der Waals surface area contributed by atoms with Gasteiger partial charge in [0.25, 0.3) is 0 Å². The second-order valence-electron chi connectivity index (χ2n) is 4.01. The second-order valence-corrected chi connectivity index (χ2v) is 4.01. The van der Waals surface area contributed by atoms with E-state index in [0.29, 0.717) is 11.3 Å². The van der Waals surface area contributed by atoms with E-state index >= 15 is 0 Å². The topological polar surface area (TPSA) is 46.5 Å². The predicted molar refractivity (Wildman–Crippen MR) is 51.5 cm³/mol. The van der Waals surface area contributed by atoms with Crippen molar-refractivity contribution in [2.75, 3.05) is 0 Å². The lowest BCUT2D eigenvalue weighted by Gasteiger charge is -2.23. The number of Topliss-reactive ketones (excluding diaryl/α,β-unsaturated/α-hetero) is 1. The first-order valence-corrected chi connectivity index (χ1v) is 4.52. The van der Waals surface area contributed by atoms with Crippen LogP contribution in [0.3, 0.4) is 0 Å². The van der Waals surface area contributed by atoms with Crippen LogP contribution in [0.2, 0.25) is 0 Å². The van der Waals surface area contributed by atoms with Crippen molar-refractivity contribution in [3.63, 3.8) is 0 Å². The average Bonchev–Trinajstić information content (AvgIpc) is 2.44. The van der Waals surface area contributed by atoms with Crippen molar-refractivity contribution in [1.29, 1.82) is 0 Å². The third-order valence-corrected chi connectivity index (χ3v) is 2.28. The number of hydrogen-bond acceptors (Lipinski definition) is 3. The molecule has 1 aliphatic rings. The van der Waals surface area contributed by atoms with Crippen LogP contribution in [0.5, 0.6) is 5.75 Å². The van der Waals surface area contributed by atoms with Gasteiger partial charge in [-0.15, -0.1) is 0 Å². The zero-order chi connectivity index (χ0) is 10.3. The Morgan fingerprint density at radius 2 is 2.00 bits per heavy atom. The standard InChI is InChI=1S/C11H12O3/c1-11(2,13)10-9(12)7-5-3-4-6-8(7)14-10/h3-6,10,13H,1-2H3. The molecule has 1 heterocycles. The van der Waals surface area contributed by atoms with Crippen molar-refractivity contribution < 1.29 is 14.6 Å². The van der Waals surface area contributed by atoms with Gasteiger partial charge in [-0.2, -0.15) is 0 Å². The number of rotatable bonds is 1. The highest BCUT2D eigenvalue weighted by atomic mass is 16.5. The summed E-state index contributed by atoms with van der Waals surface area (Å²) in [7, 11) is 0. The molecule has 1 aliphatic heterocycles. The summed E-state index contributed by atoms with van der Waals surface area (Å²) in [5, 5.41) is 9.71. The van der Waals surface area contributed by atoms with Gasteiger partial charge in [-0.3, -0.25) is 4.79 Å². The van der Waals surface area contributed by atoms with E-state index in [1.807, 2.05) is 0 Å². The first-order valence-electron chi connectivity index (χ1n) is 4.52. The van der Waals surface area contributed by atoms with Crippen molar-refractivity contribution in [1.82, 2.24) is 0 Å². The van der Waals surface area contributed by atoms with Crippen molar-refractivity contribution in [2.45, 2.75) is 25.6 Å². The van der Waals surface area contributed by atoms with Gasteiger partial charge in [0.1, 0.15) is 11.4 Å². The number of aliphatic hydroxyl groups is 1. The third kappa shape index (κ3) is 1.30. The largest absolute Gasteiger partial charge is 0.478 e. The van der Waals surface area contributed by atoms with Gasteiger partial charge in [-0.25, -0.2) is 0 Å². The smallest absolute Gasteiger partial charge is 0.210 e. The van der Waals surface area contributed by atoms with E-state index in [9.17, 15) is 9.90 Å². The molecule has 1 atom stereocenters. The van der Waals surface area contributed by atoms with Gasteiger partial charge < -0.3 is 9.84 Å². The van der Waals surface area contributed by atoms with Crippen LogP contribution < -0.4 is 4.74 Å². The minimum absolute atomic E-state index is 0.145. The first kappa shape index (κ1) is 9.21. The lowest BCUT2D eigenvalue weighted by Crippen LogP contribution is -2.43. The fourth-order valence-electron chi connectivity index (χ4n) is 1.56. The summed E-state index contributed by atoms with van der Waals surface area (Å²) in [5.74, 6) is 0.415. The van der Waals surface area contributed by atoms with Crippen molar-refractivity contribution in [3.8, 4) is 5.75 Å². The molecule has 3 nitrogen and oxygen atoms in total. The number of carbonyl (C=O) groups excluding carboxylic acids is 1. The molecule has 1 aromatic carbocycles. The maximum Gasteiger partial charge on any atom is 0.210 e. The molecule has 0 fully saturated rings. The Bertz CT molecular complexity index is 376. The van der Waals surface area contributed by atoms with E-state index < -0.39 is 11.7 Å². The van der Waals surface area contributed by atoms with Crippen molar-refractivity contribution in [2.24, 2.45) is 0 Å². The Balaban J connectivity index is 2.40. The molecule has 14 heavy (non-hydrogen) atoms. The van der Waals surface area contributed by atoms with Crippen LogP contribution in [0.1, 0.15) is 24.2 Å². The van der Waals surface area contributed by atoms with Crippen LogP contribution in [0.25, 0.3) is 0 Å². The molecule has 0 spiro atoms. The van der Waals surface area contributed by atoms with Crippen LogP contribution in [0.15, 0.2) is 24.3 Å². The maximum absolute atomic E-state index is 11.8. The molecule has 0 aliphatic carbocycles. The monoisotopic (exact) mass is 192 g/mol. The maximum atomic E-state index is 11.8. The summed E-state index contributed by atoms with van der Waals surface area (Å²) in [5.41, 5.74) is -0.588. The molecule has 1 N–H and O–H groups in total. The highest BCUT2D eigenvalue weighted by Crippen LogP contribution is 2.32. The van der Waals surface area contributed by atoms with Crippen LogP contribution in [0.4, 0.5) is 0 Å². The van der Waals surface area contributed by atoms with Crippen LogP contribution >= 0.6 is 0 Å². The molecule has 2 rings (SSSR count). The van der Waals surface area contributed by atoms with E-state index in [4.69, 9.17) is 4.74 Å². The fourth-order valence-corrected chi connectivity index (χ4v) is 1.56. The van der Waals surface area contributed by atoms with Crippen molar-refractivity contribution >= 4 is 5.78 Å². The van der Waals surface area contributed by atoms with Gasteiger partial charge in [0, 0.05) is 0 Å². The number of benzene rings is 1. The molecule has 1 aromatic rings. The summed E-state index contributed by atoms with van der Waals surface area (Å²) >= 11 is 0. The minimum Gasteiger partial charge on any atom is -0.478 e. The first-order chi connectivity index (χ1) is 6.50. The van der Waals surface area contributed by atoms with Crippen molar-refractivity contribution in [3.05, 3.63) is 29.8 Å². The summed E-state index contributed by atoms with van der Waals surface area (Å²) < 4.78 is 5.38. The molecule has 1 unspecified atom stereocenters. The van der Waals surface area contributed by atoms with E-state index in [1.165, 1.54) is 0 Å². The zero-order valence-corrected chi connectivity index (χ0v) is 8.15. The van der Waals surface area contributed by atoms with E-state index in [1.54, 1.807) is 38.1 Å². The van der Waals surface area contributed by atoms with E-state index in [0.717, 1.165) is 0 Å². The lowest BCUT2D eigenvalue weighted by atomic mass is 9.96. The number of hydrogen-bond donors (Lipinski definition) is 1. The molecule has 0 aromatic heterocycles. The number of fused-ring (bicyclic) bond motifs is 1. The molecular weight excluding hydrogens is 180 g/mol. The summed E-state index contributed by atoms with van der Waals surface area (Å²) in [6, 6.07) is 7.04. The second kappa shape index (κ2) is 2.82. The van der Waals surface area contributed by atoms with E-state index in [2.05, 4.69) is 0 Å². The number of ether oxygens (including phenoxy) is 1. The Labute approximate surface area is 82.3 Å². The van der Waals surface area contributed by atoms with Crippen LogP contribution in [-0.4, -0.2) is 22.6 Å². The molecule has 0 amide bonds. The van der Waals surface area contributed by atoms with Gasteiger partial charge in [0.05, 0.1) is 5.56 Å². The third-order valence-electron chi connectivity index (χ3n) is 2.28. The summed E-state index contributed by atoms with van der Waals surface area (Å²) in [6.45, 7) is 3.14. The normalized spacial score (nSPS) is 20.5. The Kier molecular flexibility index (Phi) is 1.86. The zero-order valence-electron chi connectivity index (χ0n) is 8.15. The molecule has 0 bridgehead atoms. The highest BCUT2D eigenvalue weighted by Gasteiger charge is 2.41. The molecule has 0 saturated heterocycles. The predicted octanol–water partition coefficient (Wildman–Crippen LogP) is 1.40. The lowest BCUT2D eigenvalue weighted by molar-refractivity contribution is -0.0139. The molecular formula is C11H12O3. The molecule has 0 radical (unpaired) electrons. The Hall–Kier alpha value is -1.35. The minimum atomic E-state index is -1.14. The molecule has 74 valence electrons. The molecule has 0 saturated carbocycles. The van der Waals surface area contributed by atoms with Gasteiger partial charge in [0.2, 0.25) is 5.78 Å². The summed E-state index contributed by atoms with van der Waals surface area (Å²) in [4.78, 5) is 11.8. The Morgan fingerprint density at radius 3 is 2.57 bits per heavy atom.